The molecule has 0 radical (unpaired) electrons. The molecule has 3 heterocycles. The van der Waals surface area contributed by atoms with Crippen molar-refractivity contribution in [2.24, 2.45) is 0 Å². The van der Waals surface area contributed by atoms with E-state index in [4.69, 9.17) is 0 Å². The first kappa shape index (κ1) is 13.8. The Hall–Kier alpha value is -0.115. The lowest BCUT2D eigenvalue weighted by Crippen LogP contribution is -2.42. The molecule has 19 heavy (non-hydrogen) atoms. The maximum atomic E-state index is 4.41. The summed E-state index contributed by atoms with van der Waals surface area (Å²) in [5.74, 6) is 0. The lowest BCUT2D eigenvalue weighted by Gasteiger charge is -2.26. The van der Waals surface area contributed by atoms with E-state index >= 15 is 0 Å². The third-order valence-corrected chi connectivity index (χ3v) is 4.35. The summed E-state index contributed by atoms with van der Waals surface area (Å²) in [6.07, 6.45) is 11.5. The number of nitrogens with zero attached hydrogens (tertiary/aromatic N) is 6. The van der Waals surface area contributed by atoms with E-state index in [1.54, 1.807) is 0 Å². The van der Waals surface area contributed by atoms with Gasteiger partial charge in [0.25, 0.3) is 0 Å². The van der Waals surface area contributed by atoms with Crippen molar-refractivity contribution < 1.29 is 0 Å². The first-order chi connectivity index (χ1) is 9.13. The van der Waals surface area contributed by atoms with Crippen LogP contribution in [0.15, 0.2) is 37.2 Å². The number of hydrogen-bond donors (Lipinski definition) is 0. The number of hydrogen-bond acceptors (Lipinski definition) is 3. The van der Waals surface area contributed by atoms with Crippen LogP contribution < -0.4 is 0 Å². The zero-order valence-corrected chi connectivity index (χ0v) is 16.0. The van der Waals surface area contributed by atoms with Gasteiger partial charge in [0.2, 0.25) is 0 Å². The average molecular weight is 591 g/mol. The normalized spacial score (nSPS) is 11.4. The quantitative estimate of drug-likeness (QED) is 0.345. The highest BCUT2D eigenvalue weighted by Gasteiger charge is 2.13. The summed E-state index contributed by atoms with van der Waals surface area (Å²) in [4.78, 5) is 0. The fourth-order valence-corrected chi connectivity index (χ4v) is 3.26. The Morgan fingerprint density at radius 2 is 1.00 bits per heavy atom. The molecule has 0 aliphatic heterocycles. The summed E-state index contributed by atoms with van der Waals surface area (Å²) in [5, 5.41) is 13.2. The second-order valence-corrected chi connectivity index (χ2v) is 7.76. The third kappa shape index (κ3) is 2.98. The Labute approximate surface area is 150 Å². The molecule has 0 fully saturated rings. The van der Waals surface area contributed by atoms with Gasteiger partial charge in [-0.05, 0) is 86.4 Å². The van der Waals surface area contributed by atoms with E-state index < -0.39 is 7.12 Å². The summed E-state index contributed by atoms with van der Waals surface area (Å²) in [7, 11) is -1.20. The van der Waals surface area contributed by atoms with E-state index in [1.807, 2.05) is 51.0 Å². The first-order valence-electron chi connectivity index (χ1n) is 5.40. The molecule has 6 nitrogen and oxygen atoms in total. The van der Waals surface area contributed by atoms with Crippen LogP contribution in [0.4, 0.5) is 0 Å². The molecular weight excluding hydrogens is 584 g/mol. The van der Waals surface area contributed by atoms with Crippen molar-refractivity contribution in [2.75, 3.05) is 0 Å². The van der Waals surface area contributed by atoms with Crippen LogP contribution in [0.5, 0.6) is 0 Å². The van der Waals surface area contributed by atoms with Crippen molar-refractivity contribution in [3.05, 3.63) is 47.9 Å². The molecule has 3 rings (SSSR count). The van der Waals surface area contributed by atoms with Crippen LogP contribution in [-0.2, 0) is 0 Å². The van der Waals surface area contributed by atoms with Crippen LogP contribution in [0.2, 0.25) is 0 Å². The Kier molecular flexibility index (Phi) is 4.16. The van der Waals surface area contributed by atoms with Crippen LogP contribution in [0.1, 0.15) is 0 Å². The zero-order valence-electron chi connectivity index (χ0n) is 9.49. The van der Waals surface area contributed by atoms with E-state index in [-0.39, 0.29) is 0 Å². The minimum absolute atomic E-state index is 1.10. The Morgan fingerprint density at radius 1 is 0.684 bits per heavy atom. The summed E-state index contributed by atoms with van der Waals surface area (Å²) in [6, 6.07) is 0. The van der Waals surface area contributed by atoms with Crippen molar-refractivity contribution in [1.29, 1.82) is 0 Å². The lowest BCUT2D eigenvalue weighted by molar-refractivity contribution is 0.771. The fraction of sp³-hybridized carbons (Fsp3) is 0. The van der Waals surface area contributed by atoms with Gasteiger partial charge in [-0.15, -0.1) is 0 Å². The van der Waals surface area contributed by atoms with Crippen LogP contribution in [0.3, 0.4) is 0 Å². The maximum absolute atomic E-state index is 4.41. The van der Waals surface area contributed by atoms with Gasteiger partial charge in [-0.25, -0.2) is 15.3 Å². The first-order valence-corrected chi connectivity index (χ1v) is 8.63. The summed E-state index contributed by atoms with van der Waals surface area (Å²) < 4.78 is 9.06. The number of halogens is 3. The predicted molar refractivity (Wildman–Crippen MR) is 98.2 cm³/mol. The van der Waals surface area contributed by atoms with E-state index in [0.29, 0.717) is 0 Å². The molecule has 0 aliphatic rings. The molecule has 98 valence electrons. The topological polar surface area (TPSA) is 53.5 Å². The molecule has 0 saturated heterocycles. The van der Waals surface area contributed by atoms with Gasteiger partial charge in [0, 0.05) is 10.7 Å². The molecule has 10 heteroatoms. The van der Waals surface area contributed by atoms with Gasteiger partial charge in [0.05, 0.1) is 18.6 Å². The Bertz CT molecular complexity index is 609. The summed E-state index contributed by atoms with van der Waals surface area (Å²) in [6.45, 7) is 0. The van der Waals surface area contributed by atoms with E-state index in [9.17, 15) is 0 Å². The van der Waals surface area contributed by atoms with E-state index in [2.05, 4.69) is 83.1 Å². The maximum Gasteiger partial charge on any atom is 0.326 e. The minimum atomic E-state index is -1.20. The predicted octanol–water partition coefficient (Wildman–Crippen LogP) is 1.75. The molecule has 0 aromatic carbocycles. The van der Waals surface area contributed by atoms with Crippen LogP contribution in [0, 0.1) is 10.7 Å². The molecule has 0 atom stereocenters. The second kappa shape index (κ2) is 5.71. The molecular formula is C9H7BI3N6-. The molecule has 0 saturated carbocycles. The number of rotatable bonds is 3. The number of aromatic nitrogens is 6. The Morgan fingerprint density at radius 3 is 1.21 bits per heavy atom. The average Bonchev–Trinajstić information content (AvgIpc) is 3.05. The van der Waals surface area contributed by atoms with Gasteiger partial charge in [-0.1, -0.05) is 0 Å². The molecule has 0 N–H and O–H groups in total. The molecule has 0 bridgehead atoms. The standard InChI is InChI=1S/C9H7BI3N6/c11-7-1-14-17(4-7)10(18-5-8(12)2-15-18)19-6-9(13)3-16-19/h1-6,10H/q-1. The van der Waals surface area contributed by atoms with E-state index in [0.717, 1.165) is 10.7 Å². The molecule has 0 aliphatic carbocycles. The Balaban J connectivity index is 2.10. The third-order valence-electron chi connectivity index (χ3n) is 2.67. The monoisotopic (exact) mass is 591 g/mol. The van der Waals surface area contributed by atoms with Gasteiger partial charge in [0.1, 0.15) is 0 Å². The highest BCUT2D eigenvalue weighted by atomic mass is 127. The van der Waals surface area contributed by atoms with Crippen molar-refractivity contribution >= 4 is 74.9 Å². The van der Waals surface area contributed by atoms with Crippen molar-refractivity contribution in [3.63, 3.8) is 0 Å². The van der Waals surface area contributed by atoms with Gasteiger partial charge in [-0.2, -0.15) is 0 Å². The lowest BCUT2D eigenvalue weighted by atomic mass is 9.96. The summed E-state index contributed by atoms with van der Waals surface area (Å²) in [5.41, 5.74) is 0. The van der Waals surface area contributed by atoms with Crippen LogP contribution >= 0.6 is 67.8 Å². The van der Waals surface area contributed by atoms with Gasteiger partial charge < -0.3 is 13.8 Å². The van der Waals surface area contributed by atoms with Gasteiger partial charge in [-0.3, -0.25) is 0 Å². The van der Waals surface area contributed by atoms with Crippen LogP contribution in [0.25, 0.3) is 0 Å². The van der Waals surface area contributed by atoms with Crippen molar-refractivity contribution in [1.82, 2.24) is 29.1 Å². The van der Waals surface area contributed by atoms with Gasteiger partial charge in [0.15, 0.2) is 0 Å². The SMILES string of the molecule is Ic1cnn([BH-](n2cc(I)cn2)n2cc(I)cn2)c1. The molecule has 0 spiro atoms. The fourth-order valence-electron chi connectivity index (χ4n) is 1.92. The summed E-state index contributed by atoms with van der Waals surface area (Å²) >= 11 is 6.75. The van der Waals surface area contributed by atoms with Crippen LogP contribution in [-0.4, -0.2) is 36.2 Å². The van der Waals surface area contributed by atoms with E-state index in [1.165, 1.54) is 0 Å². The zero-order chi connectivity index (χ0) is 13.4. The largest absolute Gasteiger partial charge is 0.402 e. The highest BCUT2D eigenvalue weighted by molar-refractivity contribution is 14.1. The molecule has 0 amide bonds. The van der Waals surface area contributed by atoms with Crippen molar-refractivity contribution in [3.8, 4) is 0 Å². The molecule has 3 aromatic rings. The van der Waals surface area contributed by atoms with Gasteiger partial charge >= 0.3 is 7.12 Å². The molecule has 3 aromatic heterocycles. The molecule has 0 unspecified atom stereocenters. The highest BCUT2D eigenvalue weighted by Crippen LogP contribution is 2.09. The van der Waals surface area contributed by atoms with Crippen molar-refractivity contribution in [2.45, 2.75) is 0 Å². The second-order valence-electron chi connectivity index (χ2n) is 4.02. The minimum Gasteiger partial charge on any atom is -0.402 e. The smallest absolute Gasteiger partial charge is 0.326 e.